The summed E-state index contributed by atoms with van der Waals surface area (Å²) in [7, 11) is 0. The number of benzene rings is 2. The third kappa shape index (κ3) is 4.04. The molecule has 1 atom stereocenters. The lowest BCUT2D eigenvalue weighted by molar-refractivity contribution is -0.118. The van der Waals surface area contributed by atoms with Crippen LogP contribution in [0.25, 0.3) is 0 Å². The number of carbonyl (C=O) groups excluding carboxylic acids is 1. The molecule has 0 saturated carbocycles. The summed E-state index contributed by atoms with van der Waals surface area (Å²) in [6.07, 6.45) is 1.24. The van der Waals surface area contributed by atoms with Gasteiger partial charge in [-0.25, -0.2) is 0 Å². The zero-order valence-electron chi connectivity index (χ0n) is 20.0. The van der Waals surface area contributed by atoms with E-state index in [-0.39, 0.29) is 11.2 Å². The van der Waals surface area contributed by atoms with Crippen LogP contribution in [0.1, 0.15) is 56.3 Å². The fourth-order valence-corrected chi connectivity index (χ4v) is 4.79. The molecule has 1 N–H and O–H groups in total. The van der Waals surface area contributed by atoms with Gasteiger partial charge in [0.2, 0.25) is 5.95 Å². The van der Waals surface area contributed by atoms with E-state index in [2.05, 4.69) is 53.7 Å². The van der Waals surface area contributed by atoms with Gasteiger partial charge >= 0.3 is 0 Å². The van der Waals surface area contributed by atoms with Crippen molar-refractivity contribution >= 4 is 11.7 Å². The maximum absolute atomic E-state index is 13.3. The molecule has 176 valence electrons. The van der Waals surface area contributed by atoms with Gasteiger partial charge in [0.25, 0.3) is 0 Å². The lowest BCUT2D eigenvalue weighted by Gasteiger charge is -2.37. The Morgan fingerprint density at radius 2 is 1.94 bits per heavy atom. The third-order valence-electron chi connectivity index (χ3n) is 6.42. The number of anilines is 1. The summed E-state index contributed by atoms with van der Waals surface area (Å²) in [6, 6.07) is 13.5. The summed E-state index contributed by atoms with van der Waals surface area (Å²) >= 11 is 0. The zero-order valence-corrected chi connectivity index (χ0v) is 20.0. The number of aromatic nitrogens is 4. The monoisotopic (exact) mass is 459 g/mol. The molecular weight excluding hydrogens is 430 g/mol. The molecule has 2 aliphatic rings. The van der Waals surface area contributed by atoms with Crippen LogP contribution in [0.3, 0.4) is 0 Å². The molecule has 8 nitrogen and oxygen atoms in total. The Morgan fingerprint density at radius 1 is 1.12 bits per heavy atom. The first-order valence-corrected chi connectivity index (χ1v) is 11.6. The maximum atomic E-state index is 13.3. The van der Waals surface area contributed by atoms with Gasteiger partial charge in [-0.15, -0.1) is 0 Å². The molecule has 1 aliphatic heterocycles. The van der Waals surface area contributed by atoms with Gasteiger partial charge in [-0.05, 0) is 64.9 Å². The summed E-state index contributed by atoms with van der Waals surface area (Å²) < 4.78 is 13.8. The normalized spacial score (nSPS) is 18.7. The maximum Gasteiger partial charge on any atom is 0.248 e. The molecule has 0 bridgehead atoms. The van der Waals surface area contributed by atoms with E-state index < -0.39 is 6.04 Å². The number of allylic oxidation sites excluding steroid dienone is 2. The van der Waals surface area contributed by atoms with Crippen molar-refractivity contribution in [3.05, 3.63) is 70.4 Å². The van der Waals surface area contributed by atoms with Crippen molar-refractivity contribution in [1.82, 2.24) is 20.2 Å². The van der Waals surface area contributed by atoms with Gasteiger partial charge in [-0.3, -0.25) is 4.79 Å². The summed E-state index contributed by atoms with van der Waals surface area (Å²) in [5.41, 5.74) is 4.67. The molecule has 3 aromatic rings. The number of hydrogen-bond donors (Lipinski definition) is 1. The fraction of sp³-hybridized carbons (Fsp3) is 0.385. The first-order valence-electron chi connectivity index (χ1n) is 11.6. The van der Waals surface area contributed by atoms with Crippen LogP contribution in [0.4, 0.5) is 5.95 Å². The van der Waals surface area contributed by atoms with Crippen molar-refractivity contribution < 1.29 is 14.3 Å². The highest BCUT2D eigenvalue weighted by Gasteiger charge is 2.42. The molecule has 0 spiro atoms. The molecule has 2 aromatic carbocycles. The van der Waals surface area contributed by atoms with Crippen LogP contribution >= 0.6 is 0 Å². The largest absolute Gasteiger partial charge is 0.490 e. The fourth-order valence-electron chi connectivity index (χ4n) is 4.79. The van der Waals surface area contributed by atoms with Crippen molar-refractivity contribution in [2.75, 3.05) is 11.9 Å². The van der Waals surface area contributed by atoms with Crippen molar-refractivity contribution in [2.45, 2.75) is 53.2 Å². The third-order valence-corrected chi connectivity index (χ3v) is 6.42. The molecule has 0 amide bonds. The number of rotatable bonds is 6. The highest BCUT2D eigenvalue weighted by molar-refractivity contribution is 6.00. The standard InChI is InChI=1S/C26H29N5O3/c1-5-33-22-12-17(10-11-21(22)34-15-18-9-7-6-8-16(18)2)24-23-19(13-26(3,4)14-20(23)32)27-25-28-29-30-31(24)25/h6-12,24H,5,13-15H2,1-4H3,(H,27,28,30). The SMILES string of the molecule is CCOc1cc(C2C3=C(CC(C)(C)CC3=O)Nc3nnnn32)ccc1OCc1ccccc1C. The Hall–Kier alpha value is -3.68. The highest BCUT2D eigenvalue weighted by Crippen LogP contribution is 2.46. The van der Waals surface area contributed by atoms with Gasteiger partial charge in [0, 0.05) is 17.7 Å². The number of fused-ring (bicyclic) bond motifs is 1. The van der Waals surface area contributed by atoms with Crippen molar-refractivity contribution in [3.63, 3.8) is 0 Å². The summed E-state index contributed by atoms with van der Waals surface area (Å²) in [6.45, 7) is 9.16. The molecule has 5 rings (SSSR count). The highest BCUT2D eigenvalue weighted by atomic mass is 16.5. The van der Waals surface area contributed by atoms with Gasteiger partial charge in [-0.1, -0.05) is 49.3 Å². The molecule has 0 radical (unpaired) electrons. The number of aryl methyl sites for hydroxylation is 1. The lowest BCUT2D eigenvalue weighted by Crippen LogP contribution is -2.36. The predicted octanol–water partition coefficient (Wildman–Crippen LogP) is 4.62. The van der Waals surface area contributed by atoms with Crippen LogP contribution in [-0.2, 0) is 11.4 Å². The Bertz CT molecular complexity index is 1280. The number of hydrogen-bond acceptors (Lipinski definition) is 7. The Labute approximate surface area is 199 Å². The van der Waals surface area contributed by atoms with Crippen LogP contribution < -0.4 is 14.8 Å². The van der Waals surface area contributed by atoms with Crippen LogP contribution in [0, 0.1) is 12.3 Å². The second-order valence-electron chi connectivity index (χ2n) is 9.66. The van der Waals surface area contributed by atoms with E-state index in [0.717, 1.165) is 28.8 Å². The molecular formula is C26H29N5O3. The van der Waals surface area contributed by atoms with Crippen LogP contribution in [0.15, 0.2) is 53.7 Å². The summed E-state index contributed by atoms with van der Waals surface area (Å²) in [4.78, 5) is 13.3. The average Bonchev–Trinajstić information content (AvgIpc) is 3.25. The number of ketones is 1. The van der Waals surface area contributed by atoms with E-state index in [9.17, 15) is 4.79 Å². The molecule has 0 fully saturated rings. The Balaban J connectivity index is 1.52. The van der Waals surface area contributed by atoms with E-state index in [4.69, 9.17) is 9.47 Å². The van der Waals surface area contributed by atoms with Crippen molar-refractivity contribution in [3.8, 4) is 11.5 Å². The van der Waals surface area contributed by atoms with Crippen LogP contribution in [0.5, 0.6) is 11.5 Å². The Kier molecular flexibility index (Phi) is 5.59. The van der Waals surface area contributed by atoms with Gasteiger partial charge in [0.1, 0.15) is 12.6 Å². The summed E-state index contributed by atoms with van der Waals surface area (Å²) in [5.74, 6) is 1.94. The minimum Gasteiger partial charge on any atom is -0.490 e. The second kappa shape index (κ2) is 8.59. The zero-order chi connectivity index (χ0) is 23.9. The molecule has 1 aliphatic carbocycles. The molecule has 34 heavy (non-hydrogen) atoms. The minimum atomic E-state index is -0.422. The van der Waals surface area contributed by atoms with E-state index >= 15 is 0 Å². The van der Waals surface area contributed by atoms with Crippen molar-refractivity contribution in [1.29, 1.82) is 0 Å². The number of nitrogens with one attached hydrogen (secondary N) is 1. The van der Waals surface area contributed by atoms with Gasteiger partial charge in [0.05, 0.1) is 6.61 Å². The first kappa shape index (κ1) is 22.1. The topological polar surface area (TPSA) is 91.2 Å². The molecule has 1 aromatic heterocycles. The number of carbonyl (C=O) groups is 1. The Morgan fingerprint density at radius 3 is 2.74 bits per heavy atom. The van der Waals surface area contributed by atoms with Crippen LogP contribution in [-0.4, -0.2) is 32.6 Å². The number of ether oxygens (including phenoxy) is 2. The predicted molar refractivity (Wildman–Crippen MR) is 128 cm³/mol. The number of nitrogens with zero attached hydrogens (tertiary/aromatic N) is 4. The summed E-state index contributed by atoms with van der Waals surface area (Å²) in [5, 5.41) is 15.5. The van der Waals surface area contributed by atoms with Gasteiger partial charge in [0.15, 0.2) is 17.3 Å². The van der Waals surface area contributed by atoms with E-state index in [1.165, 1.54) is 5.56 Å². The number of Topliss-reactive ketones (excluding diaryl/α,β-unsaturated/α-hetero) is 1. The van der Waals surface area contributed by atoms with E-state index in [1.54, 1.807) is 4.68 Å². The molecule has 0 saturated heterocycles. The lowest BCUT2D eigenvalue weighted by atomic mass is 9.73. The number of tetrazole rings is 1. The van der Waals surface area contributed by atoms with E-state index in [0.29, 0.717) is 37.1 Å². The molecule has 1 unspecified atom stereocenters. The van der Waals surface area contributed by atoms with Crippen LogP contribution in [0.2, 0.25) is 0 Å². The van der Waals surface area contributed by atoms with Gasteiger partial charge in [-0.2, -0.15) is 4.68 Å². The molecule has 8 heteroatoms. The van der Waals surface area contributed by atoms with E-state index in [1.807, 2.05) is 37.3 Å². The smallest absolute Gasteiger partial charge is 0.248 e. The minimum absolute atomic E-state index is 0.114. The van der Waals surface area contributed by atoms with Gasteiger partial charge < -0.3 is 14.8 Å². The van der Waals surface area contributed by atoms with Crippen molar-refractivity contribution in [2.24, 2.45) is 5.41 Å². The first-order chi connectivity index (χ1) is 16.4. The second-order valence-corrected chi connectivity index (χ2v) is 9.66. The average molecular weight is 460 g/mol. The quantitative estimate of drug-likeness (QED) is 0.575. The molecule has 2 heterocycles.